The average molecular weight is 536 g/mol. The molecule has 1 aromatic rings. The lowest BCUT2D eigenvalue weighted by molar-refractivity contribution is 0.00272. The Labute approximate surface area is 199 Å². The molecular formula is C21H42IN7O. The minimum absolute atomic E-state index is 0. The van der Waals surface area contributed by atoms with E-state index in [0.717, 1.165) is 69.8 Å². The second kappa shape index (κ2) is 15.0. The molecule has 0 saturated carbocycles. The number of morpholine rings is 1. The Morgan fingerprint density at radius 3 is 2.40 bits per heavy atom. The number of aliphatic imine (C=N–C) groups is 1. The quantitative estimate of drug-likeness (QED) is 0.196. The van der Waals surface area contributed by atoms with Crippen molar-refractivity contribution in [2.75, 3.05) is 39.4 Å². The fourth-order valence-corrected chi connectivity index (χ4v) is 3.83. The van der Waals surface area contributed by atoms with Crippen LogP contribution in [0.1, 0.15) is 58.1 Å². The first kappa shape index (κ1) is 27.1. The molecule has 1 atom stereocenters. The van der Waals surface area contributed by atoms with Gasteiger partial charge in [-0.2, -0.15) is 0 Å². The van der Waals surface area contributed by atoms with E-state index in [1.807, 2.05) is 18.5 Å². The highest BCUT2D eigenvalue weighted by Gasteiger charge is 2.27. The minimum Gasteiger partial charge on any atom is -0.379 e. The first-order valence-corrected chi connectivity index (χ1v) is 11.3. The number of ether oxygens (including phenoxy) is 1. The number of hydrogen-bond donors (Lipinski definition) is 2. The molecule has 1 fully saturated rings. The van der Waals surface area contributed by atoms with E-state index in [4.69, 9.17) is 9.73 Å². The average Bonchev–Trinajstić information content (AvgIpc) is 3.07. The lowest BCUT2D eigenvalue weighted by Crippen LogP contribution is -2.53. The van der Waals surface area contributed by atoms with E-state index in [2.05, 4.69) is 46.5 Å². The molecule has 1 saturated heterocycles. The summed E-state index contributed by atoms with van der Waals surface area (Å²) in [6.07, 6.45) is 4.67. The van der Waals surface area contributed by atoms with Gasteiger partial charge in [0.05, 0.1) is 13.2 Å². The monoisotopic (exact) mass is 535 g/mol. The van der Waals surface area contributed by atoms with E-state index in [-0.39, 0.29) is 24.0 Å². The van der Waals surface area contributed by atoms with Crippen molar-refractivity contribution < 1.29 is 4.74 Å². The van der Waals surface area contributed by atoms with Crippen LogP contribution in [0.3, 0.4) is 0 Å². The van der Waals surface area contributed by atoms with Crippen LogP contribution in [0.5, 0.6) is 0 Å². The number of unbranched alkanes of at least 4 members (excludes halogenated alkanes) is 1. The molecule has 2 rings (SSSR count). The van der Waals surface area contributed by atoms with Crippen molar-refractivity contribution in [3.05, 3.63) is 11.6 Å². The van der Waals surface area contributed by atoms with Gasteiger partial charge in [0.25, 0.3) is 0 Å². The molecule has 9 heteroatoms. The van der Waals surface area contributed by atoms with Crippen LogP contribution in [-0.4, -0.2) is 71.1 Å². The summed E-state index contributed by atoms with van der Waals surface area (Å²) in [6.45, 7) is 14.8. The number of hydrogen-bond acceptors (Lipinski definition) is 5. The molecule has 0 aromatic carbocycles. The zero-order valence-corrected chi connectivity index (χ0v) is 21.8. The van der Waals surface area contributed by atoms with Gasteiger partial charge in [-0.25, -0.2) is 4.99 Å². The van der Waals surface area contributed by atoms with Gasteiger partial charge in [0.1, 0.15) is 12.4 Å². The first-order valence-electron chi connectivity index (χ1n) is 11.3. The number of aryl methyl sites for hydroxylation is 1. The predicted molar refractivity (Wildman–Crippen MR) is 133 cm³/mol. The summed E-state index contributed by atoms with van der Waals surface area (Å²) < 4.78 is 7.57. The van der Waals surface area contributed by atoms with Crippen LogP contribution in [0.4, 0.5) is 0 Å². The number of rotatable bonds is 11. The van der Waals surface area contributed by atoms with Crippen molar-refractivity contribution in [3.63, 3.8) is 0 Å². The van der Waals surface area contributed by atoms with Gasteiger partial charge in [0.2, 0.25) is 0 Å². The molecule has 1 unspecified atom stereocenters. The molecule has 1 aromatic heterocycles. The Kier molecular flexibility index (Phi) is 13.5. The number of halogens is 1. The van der Waals surface area contributed by atoms with Gasteiger partial charge >= 0.3 is 0 Å². The van der Waals surface area contributed by atoms with E-state index in [1.165, 1.54) is 12.8 Å². The zero-order chi connectivity index (χ0) is 21.1. The molecule has 174 valence electrons. The van der Waals surface area contributed by atoms with Gasteiger partial charge in [-0.3, -0.25) is 4.90 Å². The summed E-state index contributed by atoms with van der Waals surface area (Å²) in [6, 6.07) is 0.490. The maximum atomic E-state index is 5.58. The van der Waals surface area contributed by atoms with Crippen molar-refractivity contribution in [1.29, 1.82) is 0 Å². The molecule has 8 nitrogen and oxygen atoms in total. The van der Waals surface area contributed by atoms with Crippen molar-refractivity contribution in [2.45, 2.75) is 66.0 Å². The summed E-state index contributed by atoms with van der Waals surface area (Å²) in [5.74, 6) is 3.32. The first-order chi connectivity index (χ1) is 14.1. The summed E-state index contributed by atoms with van der Waals surface area (Å²) >= 11 is 0. The van der Waals surface area contributed by atoms with Gasteiger partial charge in [-0.1, -0.05) is 40.0 Å². The highest BCUT2D eigenvalue weighted by atomic mass is 127. The number of nitrogens with zero attached hydrogens (tertiary/aromatic N) is 5. The Hall–Kier alpha value is -0.940. The largest absolute Gasteiger partial charge is 0.379 e. The summed E-state index contributed by atoms with van der Waals surface area (Å²) in [7, 11) is 1.99. The summed E-state index contributed by atoms with van der Waals surface area (Å²) in [4.78, 5) is 7.38. The SMILES string of the molecule is CCCCNC(=NCc1nnc(C)n1C)NCC(C(CC)CC)N1CCOCC1.I. The summed E-state index contributed by atoms with van der Waals surface area (Å²) in [5.41, 5.74) is 0. The van der Waals surface area contributed by atoms with Crippen LogP contribution in [0.15, 0.2) is 4.99 Å². The van der Waals surface area contributed by atoms with Crippen LogP contribution in [0, 0.1) is 12.8 Å². The molecule has 1 aliphatic rings. The lowest BCUT2D eigenvalue weighted by atomic mass is 9.92. The Balaban J connectivity index is 0.00000450. The van der Waals surface area contributed by atoms with Crippen LogP contribution in [-0.2, 0) is 18.3 Å². The molecule has 0 radical (unpaired) electrons. The Morgan fingerprint density at radius 1 is 1.13 bits per heavy atom. The van der Waals surface area contributed by atoms with Crippen LogP contribution in [0.2, 0.25) is 0 Å². The Bertz CT molecular complexity index is 612. The van der Waals surface area contributed by atoms with Crippen molar-refractivity contribution in [3.8, 4) is 0 Å². The maximum Gasteiger partial charge on any atom is 0.191 e. The third-order valence-corrected chi connectivity index (χ3v) is 5.97. The second-order valence-electron chi connectivity index (χ2n) is 7.84. The summed E-state index contributed by atoms with van der Waals surface area (Å²) in [5, 5.41) is 15.5. The van der Waals surface area contributed by atoms with Gasteiger partial charge in [0, 0.05) is 39.3 Å². The smallest absolute Gasteiger partial charge is 0.191 e. The molecule has 2 N–H and O–H groups in total. The molecule has 0 amide bonds. The van der Waals surface area contributed by atoms with E-state index in [9.17, 15) is 0 Å². The van der Waals surface area contributed by atoms with Gasteiger partial charge in [-0.15, -0.1) is 34.2 Å². The standard InChI is InChI=1S/C21H41N7O.HI/c1-6-9-10-22-21(24-16-20-26-25-17(4)27(20)5)23-15-19(18(7-2)8-3)28-11-13-29-14-12-28;/h18-19H,6-16H2,1-5H3,(H2,22,23,24);1H. The fourth-order valence-electron chi connectivity index (χ4n) is 3.83. The highest BCUT2D eigenvalue weighted by molar-refractivity contribution is 14.0. The van der Waals surface area contributed by atoms with E-state index < -0.39 is 0 Å². The maximum absolute atomic E-state index is 5.58. The topological polar surface area (TPSA) is 79.6 Å². The zero-order valence-electron chi connectivity index (χ0n) is 19.5. The Morgan fingerprint density at radius 2 is 1.83 bits per heavy atom. The van der Waals surface area contributed by atoms with Crippen LogP contribution >= 0.6 is 24.0 Å². The highest BCUT2D eigenvalue weighted by Crippen LogP contribution is 2.19. The van der Waals surface area contributed by atoms with Crippen molar-refractivity contribution >= 4 is 29.9 Å². The van der Waals surface area contributed by atoms with Crippen molar-refractivity contribution in [2.24, 2.45) is 18.0 Å². The number of nitrogens with one attached hydrogen (secondary N) is 2. The molecule has 0 spiro atoms. The minimum atomic E-state index is 0. The van der Waals surface area contributed by atoms with Crippen LogP contribution in [0.25, 0.3) is 0 Å². The fraction of sp³-hybridized carbons (Fsp3) is 0.857. The lowest BCUT2D eigenvalue weighted by Gasteiger charge is -2.39. The molecule has 0 bridgehead atoms. The second-order valence-corrected chi connectivity index (χ2v) is 7.84. The van der Waals surface area contributed by atoms with Gasteiger partial charge in [0.15, 0.2) is 11.8 Å². The van der Waals surface area contributed by atoms with E-state index in [0.29, 0.717) is 18.5 Å². The predicted octanol–water partition coefficient (Wildman–Crippen LogP) is 2.71. The van der Waals surface area contributed by atoms with E-state index >= 15 is 0 Å². The van der Waals surface area contributed by atoms with Gasteiger partial charge < -0.3 is 19.9 Å². The molecular weight excluding hydrogens is 493 g/mol. The molecule has 1 aliphatic heterocycles. The third kappa shape index (κ3) is 8.30. The van der Waals surface area contributed by atoms with Crippen molar-refractivity contribution in [1.82, 2.24) is 30.3 Å². The van der Waals surface area contributed by atoms with Crippen LogP contribution < -0.4 is 10.6 Å². The normalized spacial score (nSPS) is 16.4. The molecule has 2 heterocycles. The number of aromatic nitrogens is 3. The third-order valence-electron chi connectivity index (χ3n) is 5.97. The van der Waals surface area contributed by atoms with Gasteiger partial charge in [-0.05, 0) is 19.3 Å². The molecule has 30 heavy (non-hydrogen) atoms. The van der Waals surface area contributed by atoms with E-state index in [1.54, 1.807) is 0 Å². The molecule has 0 aliphatic carbocycles. The number of guanidine groups is 1.